The van der Waals surface area contributed by atoms with E-state index in [0.717, 1.165) is 12.3 Å². The van der Waals surface area contributed by atoms with Crippen molar-refractivity contribution in [3.8, 4) is 5.75 Å². The smallest absolute Gasteiger partial charge is 0.251 e. The normalized spacial score (nSPS) is 11.8. The second kappa shape index (κ2) is 8.26. The molecule has 1 amide bonds. The molecule has 0 radical (unpaired) electrons. The SMILES string of the molecule is COc1ccc(C(=O)NCCCN(C(C)C)S(C)(=O)=O)cc1F. The minimum absolute atomic E-state index is 0.0716. The molecule has 6 nitrogen and oxygen atoms in total. The van der Waals surface area contributed by atoms with Crippen molar-refractivity contribution in [3.63, 3.8) is 0 Å². The Kier molecular flexibility index (Phi) is 6.96. The first-order valence-corrected chi connectivity index (χ1v) is 9.10. The number of rotatable bonds is 8. The summed E-state index contributed by atoms with van der Waals surface area (Å²) in [6.07, 6.45) is 1.63. The lowest BCUT2D eigenvalue weighted by Gasteiger charge is -2.23. The summed E-state index contributed by atoms with van der Waals surface area (Å²) in [7, 11) is -1.93. The second-order valence-corrected chi connectivity index (χ2v) is 7.36. The number of carbonyl (C=O) groups excluding carboxylic acids is 1. The molecule has 130 valence electrons. The van der Waals surface area contributed by atoms with E-state index in [1.165, 1.54) is 23.5 Å². The van der Waals surface area contributed by atoms with E-state index in [9.17, 15) is 17.6 Å². The predicted octanol–water partition coefficient (Wildman–Crippen LogP) is 1.62. The minimum Gasteiger partial charge on any atom is -0.494 e. The molecule has 0 unspecified atom stereocenters. The van der Waals surface area contributed by atoms with Gasteiger partial charge in [-0.3, -0.25) is 4.79 Å². The van der Waals surface area contributed by atoms with Gasteiger partial charge < -0.3 is 10.1 Å². The van der Waals surface area contributed by atoms with Crippen molar-refractivity contribution in [1.29, 1.82) is 0 Å². The van der Waals surface area contributed by atoms with Crippen LogP contribution in [0, 0.1) is 5.82 Å². The van der Waals surface area contributed by atoms with Gasteiger partial charge in [-0.05, 0) is 38.5 Å². The number of halogens is 1. The highest BCUT2D eigenvalue weighted by Gasteiger charge is 2.19. The number of sulfonamides is 1. The Labute approximate surface area is 136 Å². The molecular weight excluding hydrogens is 323 g/mol. The Bertz CT molecular complexity index is 647. The molecule has 23 heavy (non-hydrogen) atoms. The molecule has 0 aliphatic carbocycles. The molecule has 0 saturated heterocycles. The molecule has 0 bridgehead atoms. The average molecular weight is 346 g/mol. The molecule has 0 aliphatic heterocycles. The van der Waals surface area contributed by atoms with Crippen molar-refractivity contribution in [1.82, 2.24) is 9.62 Å². The second-order valence-electron chi connectivity index (χ2n) is 5.43. The number of methoxy groups -OCH3 is 1. The number of nitrogens with zero attached hydrogens (tertiary/aromatic N) is 1. The summed E-state index contributed by atoms with van der Waals surface area (Å²) in [4.78, 5) is 11.9. The van der Waals surface area contributed by atoms with E-state index >= 15 is 0 Å². The number of hydrogen-bond donors (Lipinski definition) is 1. The third-order valence-corrected chi connectivity index (χ3v) is 4.71. The number of hydrogen-bond acceptors (Lipinski definition) is 4. The Morgan fingerprint density at radius 3 is 2.52 bits per heavy atom. The van der Waals surface area contributed by atoms with Crippen molar-refractivity contribution in [2.75, 3.05) is 26.5 Å². The average Bonchev–Trinajstić information content (AvgIpc) is 2.44. The molecule has 0 atom stereocenters. The zero-order valence-electron chi connectivity index (χ0n) is 13.8. The van der Waals surface area contributed by atoms with Crippen LogP contribution in [0.5, 0.6) is 5.75 Å². The molecule has 1 aromatic rings. The van der Waals surface area contributed by atoms with Crippen LogP contribution < -0.4 is 10.1 Å². The zero-order chi connectivity index (χ0) is 17.6. The molecule has 0 saturated carbocycles. The van der Waals surface area contributed by atoms with E-state index in [4.69, 9.17) is 4.74 Å². The van der Waals surface area contributed by atoms with E-state index in [2.05, 4.69) is 5.32 Å². The number of amides is 1. The van der Waals surface area contributed by atoms with Crippen molar-refractivity contribution in [3.05, 3.63) is 29.6 Å². The van der Waals surface area contributed by atoms with Crippen LogP contribution in [-0.2, 0) is 10.0 Å². The Balaban J connectivity index is 2.52. The van der Waals surface area contributed by atoms with E-state index in [1.807, 2.05) is 0 Å². The van der Waals surface area contributed by atoms with Gasteiger partial charge in [-0.1, -0.05) is 0 Å². The summed E-state index contributed by atoms with van der Waals surface area (Å²) in [5, 5.41) is 2.64. The highest BCUT2D eigenvalue weighted by atomic mass is 32.2. The summed E-state index contributed by atoms with van der Waals surface area (Å²) in [5.74, 6) is -0.951. The first-order chi connectivity index (χ1) is 10.7. The van der Waals surface area contributed by atoms with Gasteiger partial charge in [0.05, 0.1) is 13.4 Å². The first kappa shape index (κ1) is 19.4. The lowest BCUT2D eigenvalue weighted by molar-refractivity contribution is 0.0952. The van der Waals surface area contributed by atoms with Gasteiger partial charge in [-0.15, -0.1) is 0 Å². The lowest BCUT2D eigenvalue weighted by Crippen LogP contribution is -2.38. The summed E-state index contributed by atoms with van der Waals surface area (Å²) < 4.78 is 42.9. The van der Waals surface area contributed by atoms with Crippen LogP contribution in [0.25, 0.3) is 0 Å². The Morgan fingerprint density at radius 1 is 1.39 bits per heavy atom. The van der Waals surface area contributed by atoms with Crippen LogP contribution in [0.2, 0.25) is 0 Å². The molecule has 8 heteroatoms. The highest BCUT2D eigenvalue weighted by molar-refractivity contribution is 7.88. The topological polar surface area (TPSA) is 75.7 Å². The summed E-state index contributed by atoms with van der Waals surface area (Å²) in [6, 6.07) is 3.81. The minimum atomic E-state index is -3.27. The summed E-state index contributed by atoms with van der Waals surface area (Å²) >= 11 is 0. The van der Waals surface area contributed by atoms with Crippen molar-refractivity contribution in [2.45, 2.75) is 26.3 Å². The maximum atomic E-state index is 13.5. The summed E-state index contributed by atoms with van der Waals surface area (Å²) in [5.41, 5.74) is 0.187. The van der Waals surface area contributed by atoms with Gasteiger partial charge in [0.2, 0.25) is 10.0 Å². The monoisotopic (exact) mass is 346 g/mol. The lowest BCUT2D eigenvalue weighted by atomic mass is 10.2. The van der Waals surface area contributed by atoms with Crippen LogP contribution >= 0.6 is 0 Å². The molecule has 0 heterocycles. The standard InChI is InChI=1S/C15H23FN2O4S/c1-11(2)18(23(4,20)21)9-5-8-17-15(19)12-6-7-14(22-3)13(16)10-12/h6-7,10-11H,5,8-9H2,1-4H3,(H,17,19). The van der Waals surface area contributed by atoms with Gasteiger partial charge in [0.15, 0.2) is 11.6 Å². The van der Waals surface area contributed by atoms with Crippen LogP contribution in [0.3, 0.4) is 0 Å². The van der Waals surface area contributed by atoms with Crippen molar-refractivity contribution in [2.24, 2.45) is 0 Å². The fourth-order valence-corrected chi connectivity index (χ4v) is 3.38. The van der Waals surface area contributed by atoms with Gasteiger partial charge in [-0.2, -0.15) is 4.31 Å². The fourth-order valence-electron chi connectivity index (χ4n) is 2.15. The molecule has 1 rings (SSSR count). The third kappa shape index (κ3) is 5.80. The molecule has 0 aromatic heterocycles. The number of nitrogens with one attached hydrogen (secondary N) is 1. The maximum absolute atomic E-state index is 13.5. The van der Waals surface area contributed by atoms with Crippen LogP contribution in [0.15, 0.2) is 18.2 Å². The third-order valence-electron chi connectivity index (χ3n) is 3.26. The Hall–Kier alpha value is -1.67. The predicted molar refractivity (Wildman–Crippen MR) is 86.6 cm³/mol. The molecule has 0 fully saturated rings. The number of benzene rings is 1. The molecule has 0 aliphatic rings. The van der Waals surface area contributed by atoms with Gasteiger partial charge in [-0.25, -0.2) is 12.8 Å². The largest absolute Gasteiger partial charge is 0.494 e. The van der Waals surface area contributed by atoms with Gasteiger partial charge in [0.1, 0.15) is 0 Å². The van der Waals surface area contributed by atoms with Crippen LogP contribution in [0.1, 0.15) is 30.6 Å². The van der Waals surface area contributed by atoms with Crippen molar-refractivity contribution >= 4 is 15.9 Å². The molecule has 1 N–H and O–H groups in total. The first-order valence-electron chi connectivity index (χ1n) is 7.25. The highest BCUT2D eigenvalue weighted by Crippen LogP contribution is 2.17. The van der Waals surface area contributed by atoms with E-state index in [0.29, 0.717) is 19.5 Å². The van der Waals surface area contributed by atoms with Crippen LogP contribution in [0.4, 0.5) is 4.39 Å². The van der Waals surface area contributed by atoms with E-state index < -0.39 is 21.7 Å². The van der Waals surface area contributed by atoms with Gasteiger partial charge in [0, 0.05) is 24.7 Å². The quantitative estimate of drug-likeness (QED) is 0.726. The van der Waals surface area contributed by atoms with Gasteiger partial charge >= 0.3 is 0 Å². The fraction of sp³-hybridized carbons (Fsp3) is 0.533. The van der Waals surface area contributed by atoms with Crippen LogP contribution in [-0.4, -0.2) is 51.1 Å². The molecule has 0 spiro atoms. The molecule has 1 aromatic carbocycles. The Morgan fingerprint density at radius 2 is 2.04 bits per heavy atom. The van der Waals surface area contributed by atoms with E-state index in [1.54, 1.807) is 13.8 Å². The maximum Gasteiger partial charge on any atom is 0.251 e. The summed E-state index contributed by atoms with van der Waals surface area (Å²) in [6.45, 7) is 4.19. The van der Waals surface area contributed by atoms with Crippen molar-refractivity contribution < 1.29 is 22.3 Å². The number of carbonyl (C=O) groups is 1. The van der Waals surface area contributed by atoms with E-state index in [-0.39, 0.29) is 17.4 Å². The number of ether oxygens (including phenoxy) is 1. The zero-order valence-corrected chi connectivity index (χ0v) is 14.6. The molecular formula is C15H23FN2O4S. The van der Waals surface area contributed by atoms with Gasteiger partial charge in [0.25, 0.3) is 5.91 Å².